The van der Waals surface area contributed by atoms with Crippen molar-refractivity contribution in [3.05, 3.63) is 75.8 Å². The standard InChI is InChI=1S/C16H16N2O3/c1-12(13-8-4-3-5-9-13)17(2)16(19)14-10-6-7-11-15(14)18(20)21/h3-12H,1-2H3. The minimum atomic E-state index is -0.533. The van der Waals surface area contributed by atoms with Gasteiger partial charge in [0, 0.05) is 13.1 Å². The van der Waals surface area contributed by atoms with Crippen LogP contribution in [0.15, 0.2) is 54.6 Å². The van der Waals surface area contributed by atoms with Crippen molar-refractivity contribution in [2.45, 2.75) is 13.0 Å². The lowest BCUT2D eigenvalue weighted by Gasteiger charge is -2.25. The van der Waals surface area contributed by atoms with E-state index in [0.29, 0.717) is 0 Å². The number of amides is 1. The summed E-state index contributed by atoms with van der Waals surface area (Å²) in [6, 6.07) is 15.4. The summed E-state index contributed by atoms with van der Waals surface area (Å²) in [6.45, 7) is 1.89. The third-order valence-corrected chi connectivity index (χ3v) is 3.51. The van der Waals surface area contributed by atoms with Gasteiger partial charge >= 0.3 is 0 Å². The van der Waals surface area contributed by atoms with Gasteiger partial charge in [-0.15, -0.1) is 0 Å². The van der Waals surface area contributed by atoms with Gasteiger partial charge in [-0.2, -0.15) is 0 Å². The summed E-state index contributed by atoms with van der Waals surface area (Å²) in [7, 11) is 1.65. The Morgan fingerprint density at radius 2 is 1.67 bits per heavy atom. The Morgan fingerprint density at radius 1 is 1.10 bits per heavy atom. The van der Waals surface area contributed by atoms with E-state index in [0.717, 1.165) is 5.56 Å². The van der Waals surface area contributed by atoms with Gasteiger partial charge in [-0.3, -0.25) is 14.9 Å². The Bertz CT molecular complexity index is 656. The molecule has 0 spiro atoms. The summed E-state index contributed by atoms with van der Waals surface area (Å²) >= 11 is 0. The summed E-state index contributed by atoms with van der Waals surface area (Å²) < 4.78 is 0. The number of hydrogen-bond donors (Lipinski definition) is 0. The predicted octanol–water partition coefficient (Wildman–Crippen LogP) is 3.43. The summed E-state index contributed by atoms with van der Waals surface area (Å²) in [5.74, 6) is -0.362. The first kappa shape index (κ1) is 14.7. The van der Waals surface area contributed by atoms with E-state index < -0.39 is 4.92 Å². The molecule has 0 aliphatic rings. The second-order valence-corrected chi connectivity index (χ2v) is 4.78. The Hall–Kier alpha value is -2.69. The maximum atomic E-state index is 12.5. The number of rotatable bonds is 4. The fourth-order valence-corrected chi connectivity index (χ4v) is 2.13. The molecule has 21 heavy (non-hydrogen) atoms. The molecule has 2 aromatic carbocycles. The van der Waals surface area contributed by atoms with E-state index in [-0.39, 0.29) is 23.2 Å². The monoisotopic (exact) mass is 284 g/mol. The lowest BCUT2D eigenvalue weighted by atomic mass is 10.1. The third-order valence-electron chi connectivity index (χ3n) is 3.51. The average molecular weight is 284 g/mol. The number of nitro groups is 1. The SMILES string of the molecule is CC(c1ccccc1)N(C)C(=O)c1ccccc1[N+](=O)[O-]. The molecule has 0 heterocycles. The Kier molecular flexibility index (Phi) is 4.33. The van der Waals surface area contributed by atoms with Gasteiger partial charge in [0.15, 0.2) is 0 Å². The first-order chi connectivity index (χ1) is 10.0. The average Bonchev–Trinajstić information content (AvgIpc) is 2.53. The molecule has 0 N–H and O–H groups in total. The summed E-state index contributed by atoms with van der Waals surface area (Å²) in [4.78, 5) is 24.5. The van der Waals surface area contributed by atoms with Gasteiger partial charge in [0.1, 0.15) is 5.56 Å². The number of benzene rings is 2. The lowest BCUT2D eigenvalue weighted by Crippen LogP contribution is -2.30. The van der Waals surface area contributed by atoms with Crippen LogP contribution in [0.25, 0.3) is 0 Å². The van der Waals surface area contributed by atoms with Gasteiger partial charge in [0.05, 0.1) is 11.0 Å². The van der Waals surface area contributed by atoms with Gasteiger partial charge in [-0.1, -0.05) is 42.5 Å². The quantitative estimate of drug-likeness (QED) is 0.638. The lowest BCUT2D eigenvalue weighted by molar-refractivity contribution is -0.385. The minimum Gasteiger partial charge on any atom is -0.335 e. The minimum absolute atomic E-state index is 0.104. The van der Waals surface area contributed by atoms with Crippen LogP contribution in [0.3, 0.4) is 0 Å². The van der Waals surface area contributed by atoms with Crippen LogP contribution < -0.4 is 0 Å². The number of nitrogens with zero attached hydrogens (tertiary/aromatic N) is 2. The first-order valence-electron chi connectivity index (χ1n) is 6.58. The molecule has 2 aromatic rings. The van der Waals surface area contributed by atoms with Gasteiger partial charge in [-0.25, -0.2) is 0 Å². The molecule has 0 aliphatic carbocycles. The van der Waals surface area contributed by atoms with Gasteiger partial charge in [0.2, 0.25) is 0 Å². The van der Waals surface area contributed by atoms with Crippen molar-refractivity contribution in [1.82, 2.24) is 4.90 Å². The van der Waals surface area contributed by atoms with Crippen LogP contribution in [-0.2, 0) is 0 Å². The van der Waals surface area contributed by atoms with Crippen molar-refractivity contribution >= 4 is 11.6 Å². The van der Waals surface area contributed by atoms with Crippen LogP contribution in [0.1, 0.15) is 28.9 Å². The van der Waals surface area contributed by atoms with Gasteiger partial charge in [-0.05, 0) is 18.6 Å². The van der Waals surface area contributed by atoms with Crippen LogP contribution in [0.2, 0.25) is 0 Å². The molecule has 108 valence electrons. The van der Waals surface area contributed by atoms with E-state index in [1.807, 2.05) is 37.3 Å². The van der Waals surface area contributed by atoms with E-state index in [2.05, 4.69) is 0 Å². The summed E-state index contributed by atoms with van der Waals surface area (Å²) in [5.41, 5.74) is 0.911. The molecule has 0 fully saturated rings. The van der Waals surface area contributed by atoms with Crippen molar-refractivity contribution in [2.75, 3.05) is 7.05 Å². The zero-order chi connectivity index (χ0) is 15.4. The summed E-state index contributed by atoms with van der Waals surface area (Å²) in [5, 5.41) is 11.0. The molecule has 2 rings (SSSR count). The molecular weight excluding hydrogens is 268 g/mol. The maximum absolute atomic E-state index is 12.5. The zero-order valence-corrected chi connectivity index (χ0v) is 11.9. The third kappa shape index (κ3) is 3.08. The fraction of sp³-hybridized carbons (Fsp3) is 0.188. The van der Waals surface area contributed by atoms with E-state index in [4.69, 9.17) is 0 Å². The molecule has 0 bridgehead atoms. The van der Waals surface area contributed by atoms with E-state index >= 15 is 0 Å². The Balaban J connectivity index is 2.30. The van der Waals surface area contributed by atoms with Crippen LogP contribution in [-0.4, -0.2) is 22.8 Å². The summed E-state index contributed by atoms with van der Waals surface area (Å²) in [6.07, 6.45) is 0. The normalized spacial score (nSPS) is 11.7. The predicted molar refractivity (Wildman–Crippen MR) is 80.0 cm³/mol. The Labute approximate surface area is 123 Å². The van der Waals surface area contributed by atoms with Crippen LogP contribution in [0.5, 0.6) is 0 Å². The highest BCUT2D eigenvalue weighted by molar-refractivity contribution is 5.98. The highest BCUT2D eigenvalue weighted by Crippen LogP contribution is 2.24. The molecule has 0 saturated carbocycles. The molecule has 0 saturated heterocycles. The number of carbonyl (C=O) groups is 1. The molecule has 1 atom stereocenters. The highest BCUT2D eigenvalue weighted by atomic mass is 16.6. The topological polar surface area (TPSA) is 63.5 Å². The smallest absolute Gasteiger partial charge is 0.282 e. The van der Waals surface area contributed by atoms with Gasteiger partial charge in [0.25, 0.3) is 11.6 Å². The van der Waals surface area contributed by atoms with Crippen LogP contribution in [0.4, 0.5) is 5.69 Å². The van der Waals surface area contributed by atoms with E-state index in [1.165, 1.54) is 17.0 Å². The van der Waals surface area contributed by atoms with Gasteiger partial charge < -0.3 is 4.90 Å². The molecule has 0 radical (unpaired) electrons. The first-order valence-corrected chi connectivity index (χ1v) is 6.58. The van der Waals surface area contributed by atoms with Crippen molar-refractivity contribution in [1.29, 1.82) is 0 Å². The van der Waals surface area contributed by atoms with E-state index in [1.54, 1.807) is 19.2 Å². The molecular formula is C16H16N2O3. The van der Waals surface area contributed by atoms with Crippen LogP contribution >= 0.6 is 0 Å². The van der Waals surface area contributed by atoms with Crippen molar-refractivity contribution in [3.8, 4) is 0 Å². The van der Waals surface area contributed by atoms with Crippen LogP contribution in [0, 0.1) is 10.1 Å². The second kappa shape index (κ2) is 6.17. The molecule has 1 unspecified atom stereocenters. The van der Waals surface area contributed by atoms with Crippen molar-refractivity contribution in [2.24, 2.45) is 0 Å². The molecule has 0 aliphatic heterocycles. The van der Waals surface area contributed by atoms with Crippen molar-refractivity contribution in [3.63, 3.8) is 0 Å². The number of hydrogen-bond acceptors (Lipinski definition) is 3. The molecule has 5 nitrogen and oxygen atoms in total. The molecule has 0 aromatic heterocycles. The largest absolute Gasteiger partial charge is 0.335 e. The number of para-hydroxylation sites is 1. The second-order valence-electron chi connectivity index (χ2n) is 4.78. The Morgan fingerprint density at radius 3 is 2.29 bits per heavy atom. The molecule has 1 amide bonds. The maximum Gasteiger partial charge on any atom is 0.282 e. The van der Waals surface area contributed by atoms with Crippen molar-refractivity contribution < 1.29 is 9.72 Å². The molecule has 5 heteroatoms. The zero-order valence-electron chi connectivity index (χ0n) is 11.9. The van der Waals surface area contributed by atoms with E-state index in [9.17, 15) is 14.9 Å². The fourth-order valence-electron chi connectivity index (χ4n) is 2.13. The highest BCUT2D eigenvalue weighted by Gasteiger charge is 2.25. The number of carbonyl (C=O) groups excluding carboxylic acids is 1. The number of nitro benzene ring substituents is 1.